The molecule has 1 aliphatic rings. The van der Waals surface area contributed by atoms with Crippen molar-refractivity contribution in [2.75, 3.05) is 11.1 Å². The highest BCUT2D eigenvalue weighted by Crippen LogP contribution is 2.37. The van der Waals surface area contributed by atoms with E-state index in [1.54, 1.807) is 12.4 Å². The first kappa shape index (κ1) is 9.31. The predicted octanol–water partition coefficient (Wildman–Crippen LogP) is 2.26. The Kier molecular flexibility index (Phi) is 2.57. The summed E-state index contributed by atoms with van der Waals surface area (Å²) in [4.78, 5) is 3.96. The summed E-state index contributed by atoms with van der Waals surface area (Å²) in [5.74, 6) is 0.854. The maximum atomic E-state index is 5.79. The number of nitrogens with one attached hydrogen (secondary N) is 1. The average Bonchev–Trinajstić information content (AvgIpc) is 2.89. The van der Waals surface area contributed by atoms with E-state index in [4.69, 9.17) is 5.73 Å². The molecule has 0 saturated heterocycles. The maximum Gasteiger partial charge on any atom is 0.0736 e. The second-order valence-corrected chi connectivity index (χ2v) is 4.00. The van der Waals surface area contributed by atoms with Crippen molar-refractivity contribution in [2.45, 2.75) is 32.2 Å². The largest absolute Gasteiger partial charge is 0.396 e. The van der Waals surface area contributed by atoms with Crippen LogP contribution in [0.1, 0.15) is 26.2 Å². The average molecular weight is 191 g/mol. The Morgan fingerprint density at radius 2 is 2.50 bits per heavy atom. The zero-order chi connectivity index (χ0) is 9.97. The van der Waals surface area contributed by atoms with Gasteiger partial charge in [0.15, 0.2) is 0 Å². The van der Waals surface area contributed by atoms with Gasteiger partial charge >= 0.3 is 0 Å². The minimum absolute atomic E-state index is 0.639. The van der Waals surface area contributed by atoms with E-state index in [0.717, 1.165) is 17.3 Å². The number of anilines is 2. The first-order valence-electron chi connectivity index (χ1n) is 5.27. The van der Waals surface area contributed by atoms with Gasteiger partial charge in [-0.1, -0.05) is 13.3 Å². The SMILES string of the molecule is CCCC1CC1Nc1ccncc1N. The molecule has 1 aromatic rings. The minimum atomic E-state index is 0.639. The zero-order valence-electron chi connectivity index (χ0n) is 8.53. The quantitative estimate of drug-likeness (QED) is 0.767. The zero-order valence-corrected chi connectivity index (χ0v) is 8.53. The second-order valence-electron chi connectivity index (χ2n) is 4.00. The molecule has 1 aromatic heterocycles. The van der Waals surface area contributed by atoms with Gasteiger partial charge in [-0.15, -0.1) is 0 Å². The molecular weight excluding hydrogens is 174 g/mol. The van der Waals surface area contributed by atoms with Crippen molar-refractivity contribution in [1.82, 2.24) is 4.98 Å². The summed E-state index contributed by atoms with van der Waals surface area (Å²) in [6, 6.07) is 2.58. The summed E-state index contributed by atoms with van der Waals surface area (Å²) in [6.07, 6.45) is 7.35. The van der Waals surface area contributed by atoms with Crippen molar-refractivity contribution >= 4 is 11.4 Å². The van der Waals surface area contributed by atoms with Crippen LogP contribution in [0.2, 0.25) is 0 Å². The van der Waals surface area contributed by atoms with Crippen LogP contribution in [0.15, 0.2) is 18.5 Å². The van der Waals surface area contributed by atoms with Crippen molar-refractivity contribution < 1.29 is 0 Å². The van der Waals surface area contributed by atoms with Crippen molar-refractivity contribution in [3.05, 3.63) is 18.5 Å². The fraction of sp³-hybridized carbons (Fsp3) is 0.545. The van der Waals surface area contributed by atoms with Gasteiger partial charge in [-0.05, 0) is 24.8 Å². The number of pyridine rings is 1. The summed E-state index contributed by atoms with van der Waals surface area (Å²) in [6.45, 7) is 2.23. The molecular formula is C11H17N3. The summed E-state index contributed by atoms with van der Waals surface area (Å²) < 4.78 is 0. The number of nitrogens with two attached hydrogens (primary N) is 1. The minimum Gasteiger partial charge on any atom is -0.396 e. The van der Waals surface area contributed by atoms with Gasteiger partial charge in [-0.25, -0.2) is 0 Å². The third kappa shape index (κ3) is 1.97. The molecule has 0 radical (unpaired) electrons. The van der Waals surface area contributed by atoms with Gasteiger partial charge < -0.3 is 11.1 Å². The van der Waals surface area contributed by atoms with E-state index >= 15 is 0 Å². The van der Waals surface area contributed by atoms with E-state index in [9.17, 15) is 0 Å². The summed E-state index contributed by atoms with van der Waals surface area (Å²) >= 11 is 0. The van der Waals surface area contributed by atoms with Gasteiger partial charge in [0.05, 0.1) is 17.6 Å². The number of nitrogen functional groups attached to an aromatic ring is 1. The van der Waals surface area contributed by atoms with Crippen molar-refractivity contribution in [1.29, 1.82) is 0 Å². The lowest BCUT2D eigenvalue weighted by molar-refractivity contribution is 0.693. The highest BCUT2D eigenvalue weighted by molar-refractivity contribution is 5.65. The lowest BCUT2D eigenvalue weighted by Gasteiger charge is -2.07. The third-order valence-corrected chi connectivity index (χ3v) is 2.77. The Hall–Kier alpha value is -1.25. The molecule has 76 valence electrons. The molecule has 0 aliphatic heterocycles. The Morgan fingerprint density at radius 3 is 3.21 bits per heavy atom. The molecule has 1 heterocycles. The molecule has 1 fully saturated rings. The van der Waals surface area contributed by atoms with E-state index in [0.29, 0.717) is 6.04 Å². The lowest BCUT2D eigenvalue weighted by Crippen LogP contribution is -2.06. The van der Waals surface area contributed by atoms with Crippen molar-refractivity contribution in [3.8, 4) is 0 Å². The fourth-order valence-corrected chi connectivity index (χ4v) is 1.85. The number of hydrogen-bond acceptors (Lipinski definition) is 3. The lowest BCUT2D eigenvalue weighted by atomic mass is 10.2. The Bertz CT molecular complexity index is 311. The van der Waals surface area contributed by atoms with Crippen LogP contribution < -0.4 is 11.1 Å². The molecule has 2 atom stereocenters. The molecule has 3 nitrogen and oxygen atoms in total. The predicted molar refractivity (Wildman–Crippen MR) is 59.1 cm³/mol. The third-order valence-electron chi connectivity index (χ3n) is 2.77. The van der Waals surface area contributed by atoms with Crippen LogP contribution in [-0.2, 0) is 0 Å². The first-order chi connectivity index (χ1) is 6.81. The number of nitrogens with zero attached hydrogens (tertiary/aromatic N) is 1. The van der Waals surface area contributed by atoms with E-state index in [1.807, 2.05) is 6.07 Å². The van der Waals surface area contributed by atoms with Gasteiger partial charge in [0, 0.05) is 12.2 Å². The molecule has 0 aromatic carbocycles. The topological polar surface area (TPSA) is 50.9 Å². The molecule has 2 unspecified atom stereocenters. The number of hydrogen-bond donors (Lipinski definition) is 2. The number of rotatable bonds is 4. The summed E-state index contributed by atoms with van der Waals surface area (Å²) in [7, 11) is 0. The van der Waals surface area contributed by atoms with Gasteiger partial charge in [-0.3, -0.25) is 4.98 Å². The normalized spacial score (nSPS) is 24.6. The van der Waals surface area contributed by atoms with E-state index in [2.05, 4.69) is 17.2 Å². The molecule has 14 heavy (non-hydrogen) atoms. The molecule has 0 bridgehead atoms. The number of aromatic nitrogens is 1. The Balaban J connectivity index is 1.90. The smallest absolute Gasteiger partial charge is 0.0736 e. The van der Waals surface area contributed by atoms with Gasteiger partial charge in [0.25, 0.3) is 0 Å². The monoisotopic (exact) mass is 191 g/mol. The molecule has 2 rings (SSSR count). The van der Waals surface area contributed by atoms with Crippen LogP contribution in [-0.4, -0.2) is 11.0 Å². The van der Waals surface area contributed by atoms with Gasteiger partial charge in [-0.2, -0.15) is 0 Å². The van der Waals surface area contributed by atoms with E-state index < -0.39 is 0 Å². The molecule has 3 N–H and O–H groups in total. The first-order valence-corrected chi connectivity index (χ1v) is 5.27. The summed E-state index contributed by atoms with van der Waals surface area (Å²) in [5, 5.41) is 3.45. The van der Waals surface area contributed by atoms with Crippen LogP contribution in [0.4, 0.5) is 11.4 Å². The molecule has 0 amide bonds. The van der Waals surface area contributed by atoms with Crippen molar-refractivity contribution in [2.24, 2.45) is 5.92 Å². The Labute approximate surface area is 84.7 Å². The van der Waals surface area contributed by atoms with Crippen LogP contribution in [0, 0.1) is 5.92 Å². The maximum absolute atomic E-state index is 5.79. The standard InChI is InChI=1S/C11H17N3/c1-2-3-8-6-11(8)14-10-4-5-13-7-9(10)12/h4-5,7-8,11H,2-3,6,12H2,1H3,(H,13,14). The van der Waals surface area contributed by atoms with Crippen LogP contribution in [0.3, 0.4) is 0 Å². The van der Waals surface area contributed by atoms with Crippen LogP contribution in [0.25, 0.3) is 0 Å². The van der Waals surface area contributed by atoms with Crippen LogP contribution in [0.5, 0.6) is 0 Å². The fourth-order valence-electron chi connectivity index (χ4n) is 1.85. The molecule has 1 aliphatic carbocycles. The highest BCUT2D eigenvalue weighted by atomic mass is 15.0. The summed E-state index contributed by atoms with van der Waals surface area (Å²) in [5.41, 5.74) is 7.57. The second kappa shape index (κ2) is 3.86. The van der Waals surface area contributed by atoms with Gasteiger partial charge in [0.2, 0.25) is 0 Å². The molecule has 1 saturated carbocycles. The molecule has 0 spiro atoms. The van der Waals surface area contributed by atoms with E-state index in [-0.39, 0.29) is 0 Å². The van der Waals surface area contributed by atoms with Gasteiger partial charge in [0.1, 0.15) is 0 Å². The van der Waals surface area contributed by atoms with Crippen LogP contribution >= 0.6 is 0 Å². The molecule has 3 heteroatoms. The van der Waals surface area contributed by atoms with E-state index in [1.165, 1.54) is 19.3 Å². The van der Waals surface area contributed by atoms with Crippen molar-refractivity contribution in [3.63, 3.8) is 0 Å². The Morgan fingerprint density at radius 1 is 1.64 bits per heavy atom. The highest BCUT2D eigenvalue weighted by Gasteiger charge is 2.35.